The number of fused-ring (bicyclic) bond motifs is 1. The van der Waals surface area contributed by atoms with Crippen molar-refractivity contribution in [1.82, 2.24) is 4.57 Å². The maximum atomic E-state index is 11.9. The third-order valence-corrected chi connectivity index (χ3v) is 2.86. The SMILES string of the molecule is COc1ccc2c(c1)c(=O)cc(C(=O)O)n2CCO. The van der Waals surface area contributed by atoms with Crippen molar-refractivity contribution in [3.63, 3.8) is 0 Å². The Morgan fingerprint density at radius 3 is 2.68 bits per heavy atom. The Hall–Kier alpha value is -2.34. The number of aromatic carboxylic acids is 1. The molecule has 0 spiro atoms. The number of hydrogen-bond donors (Lipinski definition) is 2. The molecule has 2 rings (SSSR count). The number of aliphatic hydroxyl groups excluding tert-OH is 1. The van der Waals surface area contributed by atoms with E-state index in [2.05, 4.69) is 0 Å². The van der Waals surface area contributed by atoms with Crippen LogP contribution in [0.1, 0.15) is 10.5 Å². The molecule has 0 aliphatic heterocycles. The Labute approximate surface area is 108 Å². The summed E-state index contributed by atoms with van der Waals surface area (Å²) < 4.78 is 6.44. The fourth-order valence-corrected chi connectivity index (χ4v) is 2.00. The minimum absolute atomic E-state index is 0.102. The summed E-state index contributed by atoms with van der Waals surface area (Å²) >= 11 is 0. The number of nitrogens with zero attached hydrogens (tertiary/aromatic N) is 1. The van der Waals surface area contributed by atoms with Gasteiger partial charge in [0, 0.05) is 18.0 Å². The van der Waals surface area contributed by atoms with E-state index in [1.54, 1.807) is 18.2 Å². The predicted molar refractivity (Wildman–Crippen MR) is 68.8 cm³/mol. The number of ether oxygens (including phenoxy) is 1. The first kappa shape index (κ1) is 13.1. The zero-order valence-electron chi connectivity index (χ0n) is 10.3. The lowest BCUT2D eigenvalue weighted by Gasteiger charge is -2.13. The lowest BCUT2D eigenvalue weighted by Crippen LogP contribution is -2.19. The van der Waals surface area contributed by atoms with Gasteiger partial charge in [0.2, 0.25) is 0 Å². The monoisotopic (exact) mass is 263 g/mol. The van der Waals surface area contributed by atoms with E-state index in [0.717, 1.165) is 6.07 Å². The maximum Gasteiger partial charge on any atom is 0.352 e. The first-order chi connectivity index (χ1) is 9.08. The van der Waals surface area contributed by atoms with E-state index in [-0.39, 0.29) is 24.3 Å². The third-order valence-electron chi connectivity index (χ3n) is 2.86. The lowest BCUT2D eigenvalue weighted by molar-refractivity contribution is 0.0683. The lowest BCUT2D eigenvalue weighted by atomic mass is 10.1. The van der Waals surface area contributed by atoms with Crippen LogP contribution in [0.4, 0.5) is 0 Å². The molecule has 19 heavy (non-hydrogen) atoms. The number of carbonyl (C=O) groups is 1. The molecule has 1 heterocycles. The number of pyridine rings is 1. The maximum absolute atomic E-state index is 11.9. The molecule has 1 aromatic carbocycles. The number of rotatable bonds is 4. The molecule has 1 aromatic heterocycles. The molecule has 0 unspecified atom stereocenters. The highest BCUT2D eigenvalue weighted by molar-refractivity contribution is 5.91. The van der Waals surface area contributed by atoms with E-state index in [4.69, 9.17) is 14.9 Å². The highest BCUT2D eigenvalue weighted by atomic mass is 16.5. The van der Waals surface area contributed by atoms with E-state index >= 15 is 0 Å². The molecule has 2 N–H and O–H groups in total. The molecule has 6 nitrogen and oxygen atoms in total. The van der Waals surface area contributed by atoms with Crippen molar-refractivity contribution in [2.24, 2.45) is 0 Å². The summed E-state index contributed by atoms with van der Waals surface area (Å²) in [5, 5.41) is 18.5. The number of benzene rings is 1. The molecule has 0 fully saturated rings. The highest BCUT2D eigenvalue weighted by Gasteiger charge is 2.14. The quantitative estimate of drug-likeness (QED) is 0.847. The summed E-state index contributed by atoms with van der Waals surface area (Å²) in [4.78, 5) is 23.1. The first-order valence-electron chi connectivity index (χ1n) is 5.64. The van der Waals surface area contributed by atoms with Gasteiger partial charge in [-0.05, 0) is 18.2 Å². The molecule has 6 heteroatoms. The second kappa shape index (κ2) is 5.11. The van der Waals surface area contributed by atoms with Crippen LogP contribution in [0, 0.1) is 0 Å². The van der Waals surface area contributed by atoms with E-state index in [1.807, 2.05) is 0 Å². The molecule has 0 atom stereocenters. The molecule has 2 aromatic rings. The fourth-order valence-electron chi connectivity index (χ4n) is 2.00. The molecule has 0 bridgehead atoms. The Balaban J connectivity index is 2.84. The van der Waals surface area contributed by atoms with Crippen molar-refractivity contribution < 1.29 is 19.7 Å². The molecule has 0 aliphatic carbocycles. The van der Waals surface area contributed by atoms with Gasteiger partial charge in [0.1, 0.15) is 11.4 Å². The summed E-state index contributed by atoms with van der Waals surface area (Å²) in [5.74, 6) is -0.688. The van der Waals surface area contributed by atoms with Gasteiger partial charge in [-0.2, -0.15) is 0 Å². The Bertz CT molecular complexity index is 689. The number of aliphatic hydroxyl groups is 1. The van der Waals surface area contributed by atoms with E-state index in [0.29, 0.717) is 16.7 Å². The standard InChI is InChI=1S/C13H13NO5/c1-19-8-2-3-10-9(6-8)12(16)7-11(13(17)18)14(10)4-5-15/h2-3,6-7,15H,4-5H2,1H3,(H,17,18). The topological polar surface area (TPSA) is 88.8 Å². The van der Waals surface area contributed by atoms with E-state index in [9.17, 15) is 9.59 Å². The molecule has 0 amide bonds. The summed E-state index contributed by atoms with van der Waals surface area (Å²) in [6.45, 7) is -0.116. The second-order valence-electron chi connectivity index (χ2n) is 3.96. The van der Waals surface area contributed by atoms with Gasteiger partial charge < -0.3 is 19.5 Å². The first-order valence-corrected chi connectivity index (χ1v) is 5.64. The Morgan fingerprint density at radius 2 is 2.11 bits per heavy atom. The van der Waals surface area contributed by atoms with Crippen molar-refractivity contribution >= 4 is 16.9 Å². The minimum atomic E-state index is -1.21. The summed E-state index contributed by atoms with van der Waals surface area (Å²) in [6.07, 6.45) is 0. The van der Waals surface area contributed by atoms with Gasteiger partial charge >= 0.3 is 5.97 Å². The second-order valence-corrected chi connectivity index (χ2v) is 3.96. The number of aromatic nitrogens is 1. The minimum Gasteiger partial charge on any atom is -0.497 e. The Kier molecular flexibility index (Phi) is 3.52. The van der Waals surface area contributed by atoms with Gasteiger partial charge in [-0.3, -0.25) is 4.79 Å². The van der Waals surface area contributed by atoms with E-state index in [1.165, 1.54) is 11.7 Å². The summed E-state index contributed by atoms with van der Waals surface area (Å²) in [7, 11) is 1.49. The van der Waals surface area contributed by atoms with E-state index < -0.39 is 5.97 Å². The van der Waals surface area contributed by atoms with Gasteiger partial charge in [0.25, 0.3) is 0 Å². The van der Waals surface area contributed by atoms with Crippen LogP contribution in [0.25, 0.3) is 10.9 Å². The predicted octanol–water partition coefficient (Wildman–Crippen LogP) is 0.701. The van der Waals surface area contributed by atoms with Gasteiger partial charge in [0.15, 0.2) is 5.43 Å². The number of hydrogen-bond acceptors (Lipinski definition) is 4. The average Bonchev–Trinajstić information content (AvgIpc) is 2.41. The van der Waals surface area contributed by atoms with Crippen LogP contribution < -0.4 is 10.2 Å². The van der Waals surface area contributed by atoms with Crippen molar-refractivity contribution in [1.29, 1.82) is 0 Å². The van der Waals surface area contributed by atoms with Crippen molar-refractivity contribution in [3.8, 4) is 5.75 Å². The fraction of sp³-hybridized carbons (Fsp3) is 0.231. The highest BCUT2D eigenvalue weighted by Crippen LogP contribution is 2.19. The van der Waals surface area contributed by atoms with Crippen LogP contribution in [0.2, 0.25) is 0 Å². The summed E-state index contributed by atoms with van der Waals surface area (Å²) in [5.41, 5.74) is -0.0723. The van der Waals surface area contributed by atoms with Crippen molar-refractivity contribution in [3.05, 3.63) is 40.2 Å². The number of carboxylic acids is 1. The molecular formula is C13H13NO5. The van der Waals surface area contributed by atoms with Crippen LogP contribution in [-0.2, 0) is 6.54 Å². The van der Waals surface area contributed by atoms with Crippen LogP contribution in [0.5, 0.6) is 5.75 Å². The van der Waals surface area contributed by atoms with Crippen molar-refractivity contribution in [2.45, 2.75) is 6.54 Å². The van der Waals surface area contributed by atoms with Gasteiger partial charge in [-0.15, -0.1) is 0 Å². The van der Waals surface area contributed by atoms with Gasteiger partial charge in [-0.25, -0.2) is 4.79 Å². The average molecular weight is 263 g/mol. The van der Waals surface area contributed by atoms with Gasteiger partial charge in [0.05, 0.1) is 19.2 Å². The normalized spacial score (nSPS) is 10.6. The third kappa shape index (κ3) is 2.30. The molecule has 0 aliphatic rings. The van der Waals surface area contributed by atoms with Crippen LogP contribution in [0.15, 0.2) is 29.1 Å². The summed E-state index contributed by atoms with van der Waals surface area (Å²) in [6, 6.07) is 5.86. The molecular weight excluding hydrogens is 250 g/mol. The van der Waals surface area contributed by atoms with Crippen molar-refractivity contribution in [2.75, 3.05) is 13.7 Å². The Morgan fingerprint density at radius 1 is 1.37 bits per heavy atom. The molecule has 0 radical (unpaired) electrons. The molecule has 0 saturated carbocycles. The zero-order chi connectivity index (χ0) is 14.0. The smallest absolute Gasteiger partial charge is 0.352 e. The molecule has 0 saturated heterocycles. The molecule has 100 valence electrons. The zero-order valence-corrected chi connectivity index (χ0v) is 10.3. The largest absolute Gasteiger partial charge is 0.497 e. The van der Waals surface area contributed by atoms with Crippen LogP contribution in [0.3, 0.4) is 0 Å². The van der Waals surface area contributed by atoms with Gasteiger partial charge in [-0.1, -0.05) is 0 Å². The number of methoxy groups -OCH3 is 1. The van der Waals surface area contributed by atoms with Crippen LogP contribution >= 0.6 is 0 Å². The van der Waals surface area contributed by atoms with Crippen LogP contribution in [-0.4, -0.2) is 34.5 Å². The number of carboxylic acid groups (broad SMARTS) is 1.